The summed E-state index contributed by atoms with van der Waals surface area (Å²) in [5.41, 5.74) is 0.234. The summed E-state index contributed by atoms with van der Waals surface area (Å²) >= 11 is 1.52. The van der Waals surface area contributed by atoms with Crippen molar-refractivity contribution < 1.29 is 9.59 Å². The Kier molecular flexibility index (Phi) is 4.47. The summed E-state index contributed by atoms with van der Waals surface area (Å²) in [6.07, 6.45) is 0. The number of benzene rings is 1. The Morgan fingerprint density at radius 3 is 2.33 bits per heavy atom. The Labute approximate surface area is 178 Å². The second-order valence-electron chi connectivity index (χ2n) is 8.25. The van der Waals surface area contributed by atoms with Crippen molar-refractivity contribution in [3.8, 4) is 0 Å². The maximum atomic E-state index is 13.1. The quantitative estimate of drug-likeness (QED) is 0.705. The largest absolute Gasteiger partial charge is 0.337 e. The van der Waals surface area contributed by atoms with Gasteiger partial charge >= 0.3 is 0 Å². The van der Waals surface area contributed by atoms with E-state index in [2.05, 4.69) is 15.2 Å². The van der Waals surface area contributed by atoms with Crippen LogP contribution in [0.5, 0.6) is 0 Å². The predicted molar refractivity (Wildman–Crippen MR) is 114 cm³/mol. The lowest BCUT2D eigenvalue weighted by atomic mass is 9.80. The maximum Gasteiger partial charge on any atom is 0.263 e. The topological polar surface area (TPSA) is 82.2 Å². The second-order valence-corrected chi connectivity index (χ2v) is 9.53. The molecule has 2 aliphatic heterocycles. The minimum absolute atomic E-state index is 0.0170. The van der Waals surface area contributed by atoms with Crippen molar-refractivity contribution in [3.05, 3.63) is 69.4 Å². The van der Waals surface area contributed by atoms with E-state index in [9.17, 15) is 9.59 Å². The standard InChI is InChI=1S/C22H23N5O2S/c1-14-8-9-18(30-14)20(29)27-11-17-10-26(19(28)16-6-4-3-5-7-16)12-22(17,13-27)21-23-15(2)24-25-21/h3-9,17H,10-13H2,1-2H3,(H,23,24,25)/t17-,22-/m0/s1. The van der Waals surface area contributed by atoms with E-state index in [4.69, 9.17) is 0 Å². The number of likely N-dealkylation sites (tertiary alicyclic amines) is 2. The van der Waals surface area contributed by atoms with E-state index in [0.29, 0.717) is 37.6 Å². The van der Waals surface area contributed by atoms with Gasteiger partial charge in [0.2, 0.25) is 0 Å². The molecular formula is C22H23N5O2S. The molecule has 0 unspecified atom stereocenters. The van der Waals surface area contributed by atoms with Gasteiger partial charge in [-0.2, -0.15) is 5.10 Å². The average Bonchev–Trinajstić information content (AvgIpc) is 3.50. The highest BCUT2D eigenvalue weighted by Crippen LogP contribution is 2.44. The van der Waals surface area contributed by atoms with Crippen molar-refractivity contribution in [2.75, 3.05) is 26.2 Å². The van der Waals surface area contributed by atoms with Crippen LogP contribution in [0.1, 0.15) is 36.6 Å². The second kappa shape index (κ2) is 7.05. The molecule has 1 N–H and O–H groups in total. The molecule has 2 aliphatic rings. The smallest absolute Gasteiger partial charge is 0.263 e. The number of hydrogen-bond donors (Lipinski definition) is 1. The fraction of sp³-hybridized carbons (Fsp3) is 0.364. The summed E-state index contributed by atoms with van der Waals surface area (Å²) in [6, 6.07) is 13.2. The van der Waals surface area contributed by atoms with Crippen molar-refractivity contribution in [2.24, 2.45) is 5.92 Å². The van der Waals surface area contributed by atoms with Crippen LogP contribution in [0.3, 0.4) is 0 Å². The number of aromatic amines is 1. The highest BCUT2D eigenvalue weighted by atomic mass is 32.1. The highest BCUT2D eigenvalue weighted by Gasteiger charge is 2.57. The number of hydrogen-bond acceptors (Lipinski definition) is 5. The van der Waals surface area contributed by atoms with E-state index in [1.54, 1.807) is 0 Å². The number of fused-ring (bicyclic) bond motifs is 1. The number of H-pyrrole nitrogens is 1. The molecule has 1 aromatic carbocycles. The molecule has 154 valence electrons. The Hall–Kier alpha value is -3.00. The molecule has 4 heterocycles. The van der Waals surface area contributed by atoms with Crippen LogP contribution < -0.4 is 0 Å². The van der Waals surface area contributed by atoms with E-state index in [1.165, 1.54) is 11.3 Å². The molecule has 2 aromatic heterocycles. The Morgan fingerprint density at radius 1 is 1.03 bits per heavy atom. The van der Waals surface area contributed by atoms with Crippen molar-refractivity contribution in [2.45, 2.75) is 19.3 Å². The molecule has 3 aromatic rings. The summed E-state index contributed by atoms with van der Waals surface area (Å²) in [5.74, 6) is 1.61. The number of amides is 2. The molecule has 0 saturated carbocycles. The highest BCUT2D eigenvalue weighted by molar-refractivity contribution is 7.13. The van der Waals surface area contributed by atoms with Gasteiger partial charge in [-0.3, -0.25) is 14.7 Å². The van der Waals surface area contributed by atoms with Gasteiger partial charge in [0.05, 0.1) is 10.3 Å². The number of aromatic nitrogens is 3. The number of nitrogens with zero attached hydrogens (tertiary/aromatic N) is 4. The minimum atomic E-state index is -0.447. The third kappa shape index (κ3) is 3.02. The minimum Gasteiger partial charge on any atom is -0.337 e. The van der Waals surface area contributed by atoms with E-state index in [0.717, 1.165) is 15.6 Å². The fourth-order valence-electron chi connectivity index (χ4n) is 4.73. The molecule has 2 amide bonds. The number of thiophene rings is 1. The molecule has 0 radical (unpaired) electrons. The number of carbonyl (C=O) groups excluding carboxylic acids is 2. The third-order valence-electron chi connectivity index (χ3n) is 6.20. The monoisotopic (exact) mass is 421 g/mol. The number of rotatable bonds is 3. The van der Waals surface area contributed by atoms with Crippen molar-refractivity contribution >= 4 is 23.2 Å². The van der Waals surface area contributed by atoms with Crippen LogP contribution in [-0.2, 0) is 5.41 Å². The molecular weight excluding hydrogens is 398 g/mol. The fourth-order valence-corrected chi connectivity index (χ4v) is 5.56. The summed E-state index contributed by atoms with van der Waals surface area (Å²) in [4.78, 5) is 36.5. The van der Waals surface area contributed by atoms with Crippen molar-refractivity contribution in [1.29, 1.82) is 0 Å². The predicted octanol–water partition coefficient (Wildman–Crippen LogP) is 2.65. The van der Waals surface area contributed by atoms with Gasteiger partial charge in [-0.25, -0.2) is 4.98 Å². The molecule has 2 atom stereocenters. The van der Waals surface area contributed by atoms with Gasteiger partial charge in [-0.15, -0.1) is 11.3 Å². The van der Waals surface area contributed by atoms with Crippen LogP contribution in [0.4, 0.5) is 0 Å². The Morgan fingerprint density at radius 2 is 1.73 bits per heavy atom. The van der Waals surface area contributed by atoms with Gasteiger partial charge in [-0.05, 0) is 38.1 Å². The van der Waals surface area contributed by atoms with Crippen LogP contribution in [0, 0.1) is 19.8 Å². The van der Waals surface area contributed by atoms with E-state index < -0.39 is 5.41 Å². The summed E-state index contributed by atoms with van der Waals surface area (Å²) < 4.78 is 0. The van der Waals surface area contributed by atoms with Gasteiger partial charge in [0, 0.05) is 42.5 Å². The van der Waals surface area contributed by atoms with Gasteiger partial charge in [0.25, 0.3) is 11.8 Å². The maximum absolute atomic E-state index is 13.1. The SMILES string of the molecule is Cc1nc([C@]23CN(C(=O)c4ccccc4)C[C@H]2CN(C(=O)c2ccc(C)s2)C3)n[nH]1. The van der Waals surface area contributed by atoms with Gasteiger partial charge < -0.3 is 9.80 Å². The molecule has 7 nitrogen and oxygen atoms in total. The summed E-state index contributed by atoms with van der Waals surface area (Å²) in [5, 5.41) is 7.40. The Balaban J connectivity index is 1.45. The van der Waals surface area contributed by atoms with Crippen LogP contribution >= 0.6 is 11.3 Å². The van der Waals surface area contributed by atoms with E-state index in [-0.39, 0.29) is 17.7 Å². The van der Waals surface area contributed by atoms with E-state index >= 15 is 0 Å². The molecule has 30 heavy (non-hydrogen) atoms. The normalized spacial score (nSPS) is 23.1. The first kappa shape index (κ1) is 19.0. The summed E-state index contributed by atoms with van der Waals surface area (Å²) in [7, 11) is 0. The lowest BCUT2D eigenvalue weighted by molar-refractivity contribution is 0.0734. The molecule has 2 saturated heterocycles. The first-order valence-electron chi connectivity index (χ1n) is 10.1. The first-order chi connectivity index (χ1) is 14.5. The van der Waals surface area contributed by atoms with Crippen LogP contribution in [0.25, 0.3) is 0 Å². The van der Waals surface area contributed by atoms with Gasteiger partial charge in [-0.1, -0.05) is 18.2 Å². The van der Waals surface area contributed by atoms with Crippen LogP contribution in [0.2, 0.25) is 0 Å². The number of carbonyl (C=O) groups is 2. The third-order valence-corrected chi connectivity index (χ3v) is 7.19. The number of aryl methyl sites for hydroxylation is 2. The number of nitrogens with one attached hydrogen (secondary N) is 1. The average molecular weight is 422 g/mol. The molecule has 0 aliphatic carbocycles. The zero-order valence-electron chi connectivity index (χ0n) is 17.0. The van der Waals surface area contributed by atoms with Crippen molar-refractivity contribution in [3.63, 3.8) is 0 Å². The summed E-state index contributed by atoms with van der Waals surface area (Å²) in [6.45, 7) is 6.09. The molecule has 8 heteroatoms. The van der Waals surface area contributed by atoms with Crippen LogP contribution in [0.15, 0.2) is 42.5 Å². The molecule has 0 bridgehead atoms. The van der Waals surface area contributed by atoms with Gasteiger partial charge in [0.1, 0.15) is 5.82 Å². The first-order valence-corrected chi connectivity index (χ1v) is 10.9. The molecule has 2 fully saturated rings. The van der Waals surface area contributed by atoms with E-state index in [1.807, 2.05) is 66.1 Å². The van der Waals surface area contributed by atoms with Crippen molar-refractivity contribution in [1.82, 2.24) is 25.0 Å². The lowest BCUT2D eigenvalue weighted by Gasteiger charge is -2.26. The zero-order chi connectivity index (χ0) is 20.9. The zero-order valence-corrected chi connectivity index (χ0v) is 17.8. The van der Waals surface area contributed by atoms with Gasteiger partial charge in [0.15, 0.2) is 5.82 Å². The Bertz CT molecular complexity index is 1110. The van der Waals surface area contributed by atoms with Crippen LogP contribution in [-0.4, -0.2) is 63.0 Å². The lowest BCUT2D eigenvalue weighted by Crippen LogP contribution is -2.41. The molecule has 5 rings (SSSR count). The molecule has 0 spiro atoms.